The monoisotopic (exact) mass is 346 g/mol. The lowest BCUT2D eigenvalue weighted by Gasteiger charge is -2.10. The van der Waals surface area contributed by atoms with Crippen molar-refractivity contribution in [3.05, 3.63) is 47.3 Å². The molecule has 0 aromatic carbocycles. The first kappa shape index (κ1) is 16.2. The van der Waals surface area contributed by atoms with Crippen molar-refractivity contribution >= 4 is 27.3 Å². The molecule has 9 heteroatoms. The number of nitrogens with one attached hydrogen (secondary N) is 2. The molecule has 126 valence electrons. The van der Waals surface area contributed by atoms with Crippen LogP contribution in [-0.2, 0) is 9.84 Å². The smallest absolute Gasteiger partial charge is 0.256 e. The van der Waals surface area contributed by atoms with E-state index in [0.717, 1.165) is 12.2 Å². The van der Waals surface area contributed by atoms with Crippen LogP contribution in [0.1, 0.15) is 13.3 Å². The van der Waals surface area contributed by atoms with E-state index in [1.54, 1.807) is 22.7 Å². The molecule has 0 aliphatic heterocycles. The Morgan fingerprint density at radius 1 is 1.29 bits per heavy atom. The zero-order valence-corrected chi connectivity index (χ0v) is 14.2. The maximum Gasteiger partial charge on any atom is 0.256 e. The molecular formula is C15H18N6O2S. The number of allylic oxidation sites excluding steroid dienone is 4. The van der Waals surface area contributed by atoms with Gasteiger partial charge in [-0.15, -0.1) is 0 Å². The highest BCUT2D eigenvalue weighted by Gasteiger charge is 2.11. The number of aromatic nitrogens is 4. The number of hydrogen-bond acceptors (Lipinski definition) is 7. The third kappa shape index (κ3) is 3.46. The largest absolute Gasteiger partial charge is 0.370 e. The number of rotatable bonds is 5. The second kappa shape index (κ2) is 6.44. The van der Waals surface area contributed by atoms with E-state index < -0.39 is 9.84 Å². The Kier molecular flexibility index (Phi) is 4.34. The predicted octanol–water partition coefficient (Wildman–Crippen LogP) is 1.74. The molecule has 0 bridgehead atoms. The molecule has 3 rings (SSSR count). The van der Waals surface area contributed by atoms with Crippen molar-refractivity contribution in [1.29, 1.82) is 0 Å². The van der Waals surface area contributed by atoms with Gasteiger partial charge in [0.25, 0.3) is 5.78 Å². The zero-order chi connectivity index (χ0) is 17.2. The van der Waals surface area contributed by atoms with Gasteiger partial charge in [-0.3, -0.25) is 0 Å². The maximum absolute atomic E-state index is 11.7. The first-order valence-electron chi connectivity index (χ1n) is 7.47. The van der Waals surface area contributed by atoms with Crippen molar-refractivity contribution in [1.82, 2.24) is 19.6 Å². The average molecular weight is 346 g/mol. The topological polar surface area (TPSA) is 101 Å². The summed E-state index contributed by atoms with van der Waals surface area (Å²) < 4.78 is 24.9. The van der Waals surface area contributed by atoms with Crippen LogP contribution in [0, 0.1) is 0 Å². The molecule has 2 aromatic heterocycles. The lowest BCUT2D eigenvalue weighted by atomic mass is 10.3. The van der Waals surface area contributed by atoms with Gasteiger partial charge in [0.05, 0.1) is 4.91 Å². The molecule has 1 aliphatic rings. The number of anilines is 2. The van der Waals surface area contributed by atoms with Gasteiger partial charge in [0.15, 0.2) is 9.84 Å². The second-order valence-corrected chi connectivity index (χ2v) is 7.28. The molecule has 0 radical (unpaired) electrons. The summed E-state index contributed by atoms with van der Waals surface area (Å²) in [5, 5.41) is 10.6. The Morgan fingerprint density at radius 2 is 2.12 bits per heavy atom. The summed E-state index contributed by atoms with van der Waals surface area (Å²) in [6, 6.07) is 1.83. The Balaban J connectivity index is 1.90. The normalized spacial score (nSPS) is 14.9. The van der Waals surface area contributed by atoms with Crippen LogP contribution < -0.4 is 10.6 Å². The highest BCUT2D eigenvalue weighted by Crippen LogP contribution is 2.19. The van der Waals surface area contributed by atoms with Crippen LogP contribution in [0.5, 0.6) is 0 Å². The van der Waals surface area contributed by atoms with Gasteiger partial charge in [0.1, 0.15) is 18.0 Å². The minimum atomic E-state index is -3.22. The molecule has 0 unspecified atom stereocenters. The molecule has 2 heterocycles. The summed E-state index contributed by atoms with van der Waals surface area (Å²) in [6.45, 7) is 2.72. The van der Waals surface area contributed by atoms with Crippen molar-refractivity contribution in [3.63, 3.8) is 0 Å². The Hall–Kier alpha value is -2.68. The molecule has 0 fully saturated rings. The van der Waals surface area contributed by atoms with Gasteiger partial charge < -0.3 is 10.6 Å². The van der Waals surface area contributed by atoms with Crippen LogP contribution >= 0.6 is 0 Å². The fourth-order valence-corrected chi connectivity index (χ4v) is 3.01. The number of fused-ring (bicyclic) bond motifs is 1. The van der Waals surface area contributed by atoms with E-state index >= 15 is 0 Å². The molecule has 2 N–H and O–H groups in total. The molecule has 0 saturated carbocycles. The van der Waals surface area contributed by atoms with Gasteiger partial charge in [-0.1, -0.05) is 12.2 Å². The maximum atomic E-state index is 11.7. The van der Waals surface area contributed by atoms with Crippen LogP contribution in [-0.4, -0.2) is 40.8 Å². The first-order chi connectivity index (χ1) is 11.5. The van der Waals surface area contributed by atoms with E-state index in [-0.39, 0.29) is 0 Å². The van der Waals surface area contributed by atoms with E-state index in [9.17, 15) is 8.42 Å². The molecule has 1 aliphatic carbocycles. The minimum absolute atomic E-state index is 0.310. The van der Waals surface area contributed by atoms with E-state index in [1.165, 1.54) is 12.6 Å². The third-order valence-electron chi connectivity index (χ3n) is 3.39. The lowest BCUT2D eigenvalue weighted by molar-refractivity contribution is 0.608. The van der Waals surface area contributed by atoms with Crippen LogP contribution in [0.4, 0.5) is 11.6 Å². The van der Waals surface area contributed by atoms with Crippen LogP contribution in [0.25, 0.3) is 5.78 Å². The molecule has 0 saturated heterocycles. The summed E-state index contributed by atoms with van der Waals surface area (Å²) in [4.78, 5) is 8.77. The van der Waals surface area contributed by atoms with Crippen LogP contribution in [0.2, 0.25) is 0 Å². The van der Waals surface area contributed by atoms with E-state index in [0.29, 0.717) is 28.7 Å². The van der Waals surface area contributed by atoms with E-state index in [4.69, 9.17) is 0 Å². The standard InChI is InChI=1S/C15H18N6O2S/c1-3-16-13-9-14(21-15(20-13)17-10-18-21)19-11-5-4-6-12(8-7-11)24(2,22)23/h5-10,19H,3-4H2,1-2H3,(H,16,17,18,20). The Bertz CT molecular complexity index is 955. The summed E-state index contributed by atoms with van der Waals surface area (Å²) in [6.07, 6.45) is 10.1. The van der Waals surface area contributed by atoms with Crippen molar-refractivity contribution in [2.24, 2.45) is 0 Å². The minimum Gasteiger partial charge on any atom is -0.370 e. The quantitative estimate of drug-likeness (QED) is 0.850. The molecule has 2 aromatic rings. The van der Waals surface area contributed by atoms with Gasteiger partial charge in [0, 0.05) is 24.6 Å². The summed E-state index contributed by atoms with van der Waals surface area (Å²) in [5.41, 5.74) is 0.773. The predicted molar refractivity (Wildman–Crippen MR) is 93.3 cm³/mol. The summed E-state index contributed by atoms with van der Waals surface area (Å²) >= 11 is 0. The van der Waals surface area contributed by atoms with Gasteiger partial charge in [-0.25, -0.2) is 8.42 Å². The molecule has 8 nitrogen and oxygen atoms in total. The van der Waals surface area contributed by atoms with E-state index in [2.05, 4.69) is 25.7 Å². The number of sulfone groups is 1. The van der Waals surface area contributed by atoms with Crippen LogP contribution in [0.15, 0.2) is 47.3 Å². The van der Waals surface area contributed by atoms with Gasteiger partial charge in [0.2, 0.25) is 0 Å². The van der Waals surface area contributed by atoms with Crippen molar-refractivity contribution in [2.45, 2.75) is 13.3 Å². The van der Waals surface area contributed by atoms with Crippen molar-refractivity contribution < 1.29 is 8.42 Å². The molecule has 0 amide bonds. The highest BCUT2D eigenvalue weighted by molar-refractivity contribution is 7.94. The van der Waals surface area contributed by atoms with Gasteiger partial charge >= 0.3 is 0 Å². The van der Waals surface area contributed by atoms with Gasteiger partial charge in [-0.05, 0) is 25.5 Å². The fraction of sp³-hybridized carbons (Fsp3) is 0.267. The summed E-state index contributed by atoms with van der Waals surface area (Å²) in [5.74, 6) is 1.85. The van der Waals surface area contributed by atoms with Gasteiger partial charge in [-0.2, -0.15) is 19.6 Å². The Labute approximate surface area is 139 Å². The number of nitrogens with zero attached hydrogens (tertiary/aromatic N) is 4. The lowest BCUT2D eigenvalue weighted by Crippen LogP contribution is -2.08. The molecule has 0 atom stereocenters. The Morgan fingerprint density at radius 3 is 2.88 bits per heavy atom. The second-order valence-electron chi connectivity index (χ2n) is 5.26. The first-order valence-corrected chi connectivity index (χ1v) is 9.36. The average Bonchev–Trinajstić information content (AvgIpc) is 2.85. The third-order valence-corrected chi connectivity index (χ3v) is 4.55. The van der Waals surface area contributed by atoms with E-state index in [1.807, 2.05) is 19.1 Å². The van der Waals surface area contributed by atoms with Crippen molar-refractivity contribution in [3.8, 4) is 0 Å². The zero-order valence-electron chi connectivity index (χ0n) is 13.4. The summed E-state index contributed by atoms with van der Waals surface area (Å²) in [7, 11) is -3.22. The highest BCUT2D eigenvalue weighted by atomic mass is 32.2. The number of hydrogen-bond donors (Lipinski definition) is 2. The molecule has 24 heavy (non-hydrogen) atoms. The SMILES string of the molecule is CCNc1cc(NC2=CCC=C(S(C)(=O)=O)C=C2)n2ncnc2n1. The fourth-order valence-electron chi connectivity index (χ4n) is 2.30. The van der Waals surface area contributed by atoms with Crippen LogP contribution in [0.3, 0.4) is 0 Å². The van der Waals surface area contributed by atoms with Crippen molar-refractivity contribution in [2.75, 3.05) is 23.4 Å². The molecular weight excluding hydrogens is 328 g/mol. The molecule has 0 spiro atoms.